The van der Waals surface area contributed by atoms with Crippen LogP contribution in [0.5, 0.6) is 0 Å². The normalized spacial score (nSPS) is 38.0. The number of hydrogen-bond donors (Lipinski definition) is 1. The summed E-state index contributed by atoms with van der Waals surface area (Å²) in [6, 6.07) is 1.44. The lowest BCUT2D eigenvalue weighted by atomic mass is 10.0. The SMILES string of the molecule is CC(I)C(=O)OC1CC2CCC(C1)[NH2+]2. The monoisotopic (exact) mass is 310 g/mol. The molecule has 0 aromatic carbocycles. The molecule has 0 aliphatic carbocycles. The van der Waals surface area contributed by atoms with Gasteiger partial charge < -0.3 is 10.1 Å². The number of ether oxygens (including phenoxy) is 1. The third kappa shape index (κ3) is 2.39. The fraction of sp³-hybridized carbons (Fsp3) is 0.900. The first kappa shape index (κ1) is 10.7. The third-order valence-electron chi connectivity index (χ3n) is 3.19. The Balaban J connectivity index is 1.85. The van der Waals surface area contributed by atoms with Crippen LogP contribution in [0, 0.1) is 0 Å². The molecule has 2 N–H and O–H groups in total. The Kier molecular flexibility index (Phi) is 3.31. The van der Waals surface area contributed by atoms with Gasteiger partial charge in [0.1, 0.15) is 10.0 Å². The van der Waals surface area contributed by atoms with Crippen molar-refractivity contribution in [2.24, 2.45) is 0 Å². The summed E-state index contributed by atoms with van der Waals surface area (Å²) in [6.45, 7) is 1.88. The van der Waals surface area contributed by atoms with Crippen molar-refractivity contribution in [2.45, 2.75) is 54.7 Å². The average Bonchev–Trinajstić information content (AvgIpc) is 2.45. The van der Waals surface area contributed by atoms with Crippen LogP contribution in [0.25, 0.3) is 0 Å². The Morgan fingerprint density at radius 2 is 2.00 bits per heavy atom. The van der Waals surface area contributed by atoms with E-state index in [9.17, 15) is 4.79 Å². The number of piperidine rings is 1. The summed E-state index contributed by atoms with van der Waals surface area (Å²) in [6.07, 6.45) is 4.93. The molecule has 0 aromatic heterocycles. The molecular formula is C10H17INO2+. The second-order valence-corrected chi connectivity index (χ2v) is 6.30. The largest absolute Gasteiger partial charge is 0.461 e. The first-order chi connectivity index (χ1) is 6.65. The molecule has 4 heteroatoms. The van der Waals surface area contributed by atoms with Gasteiger partial charge in [-0.25, -0.2) is 0 Å². The molecule has 0 radical (unpaired) electrons. The number of alkyl halides is 1. The standard InChI is InChI=1S/C10H16INO2/c1-6(11)10(13)14-9-4-7-2-3-8(5-9)12-7/h6-9,12H,2-5H2,1H3/p+1. The Hall–Kier alpha value is 0.160. The van der Waals surface area contributed by atoms with Crippen LogP contribution >= 0.6 is 22.6 Å². The van der Waals surface area contributed by atoms with Gasteiger partial charge >= 0.3 is 5.97 Å². The van der Waals surface area contributed by atoms with Crippen LogP contribution < -0.4 is 5.32 Å². The molecule has 3 unspecified atom stereocenters. The van der Waals surface area contributed by atoms with Crippen molar-refractivity contribution in [3.8, 4) is 0 Å². The van der Waals surface area contributed by atoms with Gasteiger partial charge in [-0.05, 0) is 6.92 Å². The summed E-state index contributed by atoms with van der Waals surface area (Å²) in [5.74, 6) is -0.0445. The topological polar surface area (TPSA) is 42.9 Å². The van der Waals surface area contributed by atoms with E-state index in [-0.39, 0.29) is 16.0 Å². The van der Waals surface area contributed by atoms with Crippen LogP contribution in [0.15, 0.2) is 0 Å². The molecule has 2 aliphatic rings. The van der Waals surface area contributed by atoms with Gasteiger partial charge in [0.05, 0.1) is 12.1 Å². The molecule has 2 fully saturated rings. The summed E-state index contributed by atoms with van der Waals surface area (Å²) in [5.41, 5.74) is 0. The number of rotatable bonds is 2. The number of fused-ring (bicyclic) bond motifs is 2. The van der Waals surface area contributed by atoms with E-state index < -0.39 is 0 Å². The molecule has 14 heavy (non-hydrogen) atoms. The highest BCUT2D eigenvalue weighted by atomic mass is 127. The van der Waals surface area contributed by atoms with E-state index in [4.69, 9.17) is 4.74 Å². The zero-order valence-electron chi connectivity index (χ0n) is 8.41. The number of quaternary nitrogens is 1. The van der Waals surface area contributed by atoms with Crippen LogP contribution in [0.4, 0.5) is 0 Å². The van der Waals surface area contributed by atoms with Crippen molar-refractivity contribution in [3.63, 3.8) is 0 Å². The van der Waals surface area contributed by atoms with Crippen LogP contribution in [0.1, 0.15) is 32.6 Å². The minimum atomic E-state index is -0.0445. The van der Waals surface area contributed by atoms with E-state index in [0.29, 0.717) is 0 Å². The van der Waals surface area contributed by atoms with E-state index in [0.717, 1.165) is 24.9 Å². The lowest BCUT2D eigenvalue weighted by molar-refractivity contribution is -0.712. The van der Waals surface area contributed by atoms with Crippen molar-refractivity contribution in [1.29, 1.82) is 0 Å². The smallest absolute Gasteiger partial charge is 0.318 e. The van der Waals surface area contributed by atoms with Gasteiger partial charge in [-0.1, -0.05) is 22.6 Å². The Bertz CT molecular complexity index is 220. The van der Waals surface area contributed by atoms with Crippen LogP contribution in [0.2, 0.25) is 0 Å². The molecule has 0 amide bonds. The lowest BCUT2D eigenvalue weighted by Gasteiger charge is -2.26. The van der Waals surface area contributed by atoms with Gasteiger partial charge in [-0.15, -0.1) is 0 Å². The fourth-order valence-corrected chi connectivity index (χ4v) is 2.67. The van der Waals surface area contributed by atoms with Crippen LogP contribution in [-0.2, 0) is 9.53 Å². The minimum absolute atomic E-state index is 0.0174. The maximum Gasteiger partial charge on any atom is 0.318 e. The third-order valence-corrected chi connectivity index (χ3v) is 3.70. The van der Waals surface area contributed by atoms with Crippen molar-refractivity contribution in [2.75, 3.05) is 0 Å². The van der Waals surface area contributed by atoms with Gasteiger partial charge in [0.15, 0.2) is 0 Å². The van der Waals surface area contributed by atoms with E-state index >= 15 is 0 Å². The fourth-order valence-electron chi connectivity index (χ4n) is 2.52. The summed E-state index contributed by atoms with van der Waals surface area (Å²) < 4.78 is 5.45. The molecule has 0 aromatic rings. The van der Waals surface area contributed by atoms with Crippen molar-refractivity contribution in [3.05, 3.63) is 0 Å². The number of halogens is 1. The first-order valence-corrected chi connectivity index (χ1v) is 6.59. The molecular weight excluding hydrogens is 293 g/mol. The Morgan fingerprint density at radius 1 is 1.43 bits per heavy atom. The summed E-state index contributed by atoms with van der Waals surface area (Å²) in [7, 11) is 0. The molecule has 2 saturated heterocycles. The molecule has 2 heterocycles. The molecule has 3 atom stereocenters. The van der Waals surface area contributed by atoms with Gasteiger partial charge in [-0.2, -0.15) is 0 Å². The van der Waals surface area contributed by atoms with Crippen molar-refractivity contribution < 1.29 is 14.8 Å². The van der Waals surface area contributed by atoms with E-state index in [2.05, 4.69) is 27.9 Å². The maximum absolute atomic E-state index is 11.4. The minimum Gasteiger partial charge on any atom is -0.461 e. The highest BCUT2D eigenvalue weighted by Crippen LogP contribution is 2.23. The molecule has 0 saturated carbocycles. The van der Waals surface area contributed by atoms with Crippen LogP contribution in [-0.4, -0.2) is 28.1 Å². The second kappa shape index (κ2) is 4.35. The van der Waals surface area contributed by atoms with E-state index in [1.165, 1.54) is 12.8 Å². The number of carbonyl (C=O) groups excluding carboxylic acids is 1. The highest BCUT2D eigenvalue weighted by Gasteiger charge is 2.39. The van der Waals surface area contributed by atoms with Gasteiger partial charge in [0, 0.05) is 25.7 Å². The predicted octanol–water partition coefficient (Wildman–Crippen LogP) is 0.610. The van der Waals surface area contributed by atoms with Crippen LogP contribution in [0.3, 0.4) is 0 Å². The second-order valence-electron chi connectivity index (χ2n) is 4.44. The molecule has 2 aliphatic heterocycles. The van der Waals surface area contributed by atoms with Crippen molar-refractivity contribution in [1.82, 2.24) is 0 Å². The summed E-state index contributed by atoms with van der Waals surface area (Å²) in [4.78, 5) is 11.4. The molecule has 2 rings (SSSR count). The maximum atomic E-state index is 11.4. The zero-order chi connectivity index (χ0) is 10.1. The summed E-state index contributed by atoms with van der Waals surface area (Å²) in [5, 5.41) is 2.46. The van der Waals surface area contributed by atoms with Gasteiger partial charge in [0.2, 0.25) is 0 Å². The zero-order valence-corrected chi connectivity index (χ0v) is 10.6. The number of carbonyl (C=O) groups is 1. The number of hydrogen-bond acceptors (Lipinski definition) is 2. The quantitative estimate of drug-likeness (QED) is 0.461. The van der Waals surface area contributed by atoms with Crippen molar-refractivity contribution >= 4 is 28.6 Å². The summed E-state index contributed by atoms with van der Waals surface area (Å²) >= 11 is 2.11. The molecule has 80 valence electrons. The number of nitrogens with two attached hydrogens (primary N) is 1. The molecule has 0 spiro atoms. The Labute approximate surface area is 98.1 Å². The lowest BCUT2D eigenvalue weighted by Crippen LogP contribution is -2.93. The molecule has 3 nitrogen and oxygen atoms in total. The van der Waals surface area contributed by atoms with E-state index in [1.54, 1.807) is 0 Å². The molecule has 2 bridgehead atoms. The highest BCUT2D eigenvalue weighted by molar-refractivity contribution is 14.1. The van der Waals surface area contributed by atoms with E-state index in [1.807, 2.05) is 6.92 Å². The predicted molar refractivity (Wildman–Crippen MR) is 61.3 cm³/mol. The Morgan fingerprint density at radius 3 is 2.50 bits per heavy atom. The number of esters is 1. The average molecular weight is 310 g/mol. The first-order valence-electron chi connectivity index (χ1n) is 5.34. The van der Waals surface area contributed by atoms with Gasteiger partial charge in [-0.3, -0.25) is 4.79 Å². The van der Waals surface area contributed by atoms with Gasteiger partial charge in [0.25, 0.3) is 0 Å².